The van der Waals surface area contributed by atoms with Crippen molar-refractivity contribution in [3.8, 4) is 0 Å². The van der Waals surface area contributed by atoms with Crippen LogP contribution >= 0.6 is 34.8 Å². The van der Waals surface area contributed by atoms with E-state index in [9.17, 15) is 9.59 Å². The molecule has 1 aliphatic heterocycles. The maximum Gasteiger partial charge on any atom is 0.365 e. The first-order valence-corrected chi connectivity index (χ1v) is 8.52. The summed E-state index contributed by atoms with van der Waals surface area (Å²) < 4.78 is 5.17. The molecule has 0 saturated carbocycles. The van der Waals surface area contributed by atoms with Crippen LogP contribution in [0.4, 0.5) is 5.69 Å². The molecule has 0 atom stereocenters. The van der Waals surface area contributed by atoms with Crippen LogP contribution < -0.4 is 4.90 Å². The molecule has 8 heteroatoms. The molecular weight excluding hydrogens is 399 g/mol. The molecule has 1 heterocycles. The summed E-state index contributed by atoms with van der Waals surface area (Å²) in [6.45, 7) is 1.32. The molecule has 0 unspecified atom stereocenters. The molecule has 5 nitrogen and oxygen atoms in total. The minimum Gasteiger partial charge on any atom is -0.402 e. The number of nitrogens with zero attached hydrogens (tertiary/aromatic N) is 2. The van der Waals surface area contributed by atoms with Crippen LogP contribution in [-0.4, -0.2) is 17.8 Å². The Kier molecular flexibility index (Phi) is 5.32. The fraction of sp³-hybridized carbons (Fsp3) is 0.0556. The molecule has 26 heavy (non-hydrogen) atoms. The molecule has 1 aliphatic rings. The van der Waals surface area contributed by atoms with Gasteiger partial charge in [0, 0.05) is 18.7 Å². The second kappa shape index (κ2) is 7.50. The second-order valence-corrected chi connectivity index (χ2v) is 6.52. The van der Waals surface area contributed by atoms with Crippen LogP contribution in [0, 0.1) is 0 Å². The number of halogens is 3. The maximum absolute atomic E-state index is 12.1. The highest BCUT2D eigenvalue weighted by atomic mass is 35.5. The number of hydrogen-bond donors (Lipinski definition) is 0. The van der Waals surface area contributed by atoms with E-state index in [1.165, 1.54) is 30.2 Å². The lowest BCUT2D eigenvalue weighted by molar-refractivity contribution is -0.130. The molecule has 0 fully saturated rings. The number of ether oxygens (including phenoxy) is 1. The number of benzene rings is 2. The van der Waals surface area contributed by atoms with Gasteiger partial charge in [-0.3, -0.25) is 9.69 Å². The number of anilines is 1. The number of aliphatic imine (C=N–C) groups is 1. The average Bonchev–Trinajstić information content (AvgIpc) is 2.97. The Balaban J connectivity index is 2.02. The van der Waals surface area contributed by atoms with E-state index >= 15 is 0 Å². The minimum absolute atomic E-state index is 0.0406. The van der Waals surface area contributed by atoms with Crippen LogP contribution in [0.3, 0.4) is 0 Å². The third-order valence-electron chi connectivity index (χ3n) is 3.48. The van der Waals surface area contributed by atoms with E-state index in [4.69, 9.17) is 39.5 Å². The van der Waals surface area contributed by atoms with E-state index in [-0.39, 0.29) is 32.4 Å². The highest BCUT2D eigenvalue weighted by Crippen LogP contribution is 2.35. The molecule has 0 saturated heterocycles. The lowest BCUT2D eigenvalue weighted by Crippen LogP contribution is -2.23. The van der Waals surface area contributed by atoms with Gasteiger partial charge in [-0.05, 0) is 24.3 Å². The number of rotatable bonds is 3. The Morgan fingerprint density at radius 1 is 1.08 bits per heavy atom. The van der Waals surface area contributed by atoms with Crippen molar-refractivity contribution in [2.75, 3.05) is 4.90 Å². The number of carbonyl (C=O) groups excluding carboxylic acids is 2. The zero-order chi connectivity index (χ0) is 18.8. The highest BCUT2D eigenvalue weighted by Gasteiger charge is 2.26. The summed E-state index contributed by atoms with van der Waals surface area (Å²) in [6.07, 6.45) is 1.26. The summed E-state index contributed by atoms with van der Waals surface area (Å²) in [6, 6.07) is 11.8. The van der Waals surface area contributed by atoms with Crippen molar-refractivity contribution in [3.05, 3.63) is 75.0 Å². The Labute approximate surface area is 164 Å². The Hall–Kier alpha value is -2.34. The third-order valence-corrected chi connectivity index (χ3v) is 4.51. The monoisotopic (exact) mass is 408 g/mol. The zero-order valence-corrected chi connectivity index (χ0v) is 15.6. The number of carbonyl (C=O) groups is 2. The first-order valence-electron chi connectivity index (χ1n) is 7.39. The zero-order valence-electron chi connectivity index (χ0n) is 13.4. The predicted molar refractivity (Wildman–Crippen MR) is 102 cm³/mol. The van der Waals surface area contributed by atoms with Gasteiger partial charge in [0.2, 0.25) is 11.8 Å². The van der Waals surface area contributed by atoms with Gasteiger partial charge in [0.25, 0.3) is 0 Å². The van der Waals surface area contributed by atoms with Gasteiger partial charge in [0.15, 0.2) is 5.70 Å². The molecule has 0 spiro atoms. The van der Waals surface area contributed by atoms with Crippen LogP contribution in [0.1, 0.15) is 12.5 Å². The number of amides is 1. The van der Waals surface area contributed by atoms with Crippen molar-refractivity contribution in [2.45, 2.75) is 6.92 Å². The average molecular weight is 410 g/mol. The fourth-order valence-corrected chi connectivity index (χ4v) is 2.88. The standard InChI is InChI=1S/C18H11Cl3N2O3/c1-10(24)23(16-8-13(20)12(19)7-14(16)21)9-15-18(25)26-17(22-15)11-5-3-2-4-6-11/h2-9H,1H3/b15-9-. The van der Waals surface area contributed by atoms with Crippen molar-refractivity contribution >= 4 is 58.3 Å². The van der Waals surface area contributed by atoms with E-state index in [0.29, 0.717) is 5.56 Å². The largest absolute Gasteiger partial charge is 0.402 e. The van der Waals surface area contributed by atoms with Crippen molar-refractivity contribution in [3.63, 3.8) is 0 Å². The second-order valence-electron chi connectivity index (χ2n) is 5.29. The summed E-state index contributed by atoms with van der Waals surface area (Å²) in [4.78, 5) is 29.5. The Morgan fingerprint density at radius 2 is 1.73 bits per heavy atom. The SMILES string of the molecule is CC(=O)N(/C=C1\N=C(c2ccccc2)OC1=O)c1cc(Cl)c(Cl)cc1Cl. The van der Waals surface area contributed by atoms with E-state index in [1.807, 2.05) is 6.07 Å². The van der Waals surface area contributed by atoms with Crippen molar-refractivity contribution in [2.24, 2.45) is 4.99 Å². The highest BCUT2D eigenvalue weighted by molar-refractivity contribution is 6.44. The van der Waals surface area contributed by atoms with Gasteiger partial charge in [0.05, 0.1) is 20.8 Å². The van der Waals surface area contributed by atoms with E-state index in [2.05, 4.69) is 4.99 Å². The van der Waals surface area contributed by atoms with Gasteiger partial charge < -0.3 is 4.74 Å². The van der Waals surface area contributed by atoms with Crippen molar-refractivity contribution < 1.29 is 14.3 Å². The van der Waals surface area contributed by atoms with Crippen molar-refractivity contribution in [1.29, 1.82) is 0 Å². The fourth-order valence-electron chi connectivity index (χ4n) is 2.25. The molecular formula is C18H11Cl3N2O3. The van der Waals surface area contributed by atoms with Crippen LogP contribution in [-0.2, 0) is 14.3 Å². The number of esters is 1. The van der Waals surface area contributed by atoms with Crippen LogP contribution in [0.15, 0.2) is 59.4 Å². The van der Waals surface area contributed by atoms with Crippen LogP contribution in [0.25, 0.3) is 0 Å². The molecule has 0 N–H and O–H groups in total. The van der Waals surface area contributed by atoms with Gasteiger partial charge in [-0.25, -0.2) is 9.79 Å². The summed E-state index contributed by atoms with van der Waals surface area (Å²) >= 11 is 18.1. The number of hydrogen-bond acceptors (Lipinski definition) is 4. The van der Waals surface area contributed by atoms with Crippen LogP contribution in [0.2, 0.25) is 15.1 Å². The quantitative estimate of drug-likeness (QED) is 0.414. The summed E-state index contributed by atoms with van der Waals surface area (Å²) in [7, 11) is 0. The van der Waals surface area contributed by atoms with E-state index in [0.717, 1.165) is 0 Å². The molecule has 0 aliphatic carbocycles. The molecule has 2 aromatic rings. The third kappa shape index (κ3) is 3.75. The van der Waals surface area contributed by atoms with Gasteiger partial charge in [0.1, 0.15) is 0 Å². The molecule has 1 amide bonds. The van der Waals surface area contributed by atoms with Gasteiger partial charge in [-0.15, -0.1) is 0 Å². The summed E-state index contributed by atoms with van der Waals surface area (Å²) in [5.41, 5.74) is 0.879. The molecule has 0 bridgehead atoms. The Bertz CT molecular complexity index is 956. The topological polar surface area (TPSA) is 59.0 Å². The lowest BCUT2D eigenvalue weighted by Gasteiger charge is -2.18. The molecule has 0 radical (unpaired) electrons. The number of cyclic esters (lactones) is 1. The molecule has 3 rings (SSSR count). The van der Waals surface area contributed by atoms with Crippen LogP contribution in [0.5, 0.6) is 0 Å². The summed E-state index contributed by atoms with van der Waals surface area (Å²) in [5, 5.41) is 0.671. The Morgan fingerprint density at radius 3 is 2.38 bits per heavy atom. The molecule has 2 aromatic carbocycles. The van der Waals surface area contributed by atoms with E-state index < -0.39 is 11.9 Å². The maximum atomic E-state index is 12.1. The van der Waals surface area contributed by atoms with Gasteiger partial charge in [-0.1, -0.05) is 53.0 Å². The first-order chi connectivity index (χ1) is 12.4. The molecule has 0 aromatic heterocycles. The predicted octanol–water partition coefficient (Wildman–Crippen LogP) is 4.84. The van der Waals surface area contributed by atoms with Gasteiger partial charge in [-0.2, -0.15) is 0 Å². The van der Waals surface area contributed by atoms with Crippen molar-refractivity contribution in [1.82, 2.24) is 0 Å². The smallest absolute Gasteiger partial charge is 0.365 e. The van der Waals surface area contributed by atoms with E-state index in [1.54, 1.807) is 24.3 Å². The molecule has 132 valence electrons. The normalized spacial score (nSPS) is 15.0. The van der Waals surface area contributed by atoms with Gasteiger partial charge >= 0.3 is 5.97 Å². The minimum atomic E-state index is -0.675. The lowest BCUT2D eigenvalue weighted by atomic mass is 10.2. The first kappa shape index (κ1) is 18.5. The summed E-state index contributed by atoms with van der Waals surface area (Å²) in [5.74, 6) is -0.911.